The van der Waals surface area contributed by atoms with Crippen LogP contribution in [0.2, 0.25) is 0 Å². The van der Waals surface area contributed by atoms with Gasteiger partial charge in [0.15, 0.2) is 0 Å². The number of carboxylic acids is 1. The number of H-pyrrole nitrogens is 1. The lowest BCUT2D eigenvalue weighted by atomic mass is 10.1. The zero-order valence-electron chi connectivity index (χ0n) is 14.4. The Balaban J connectivity index is 2.19. The van der Waals surface area contributed by atoms with Gasteiger partial charge in [0.2, 0.25) is 5.91 Å². The lowest BCUT2D eigenvalue weighted by Gasteiger charge is -2.12. The van der Waals surface area contributed by atoms with E-state index in [2.05, 4.69) is 15.3 Å². The van der Waals surface area contributed by atoms with E-state index in [1.807, 2.05) is 0 Å². The fraction of sp³-hybridized carbons (Fsp3) is 0.235. The highest BCUT2D eigenvalue weighted by atomic mass is 16.5. The standard InChI is InChI=1S/C17H18N4O6/c1-27-10-4-2-9(3-5-10)6-14-19-11(8-15(23)21-14)16(24)20-12(17(25)26)7-13(18)22/h2-5,8,12H,6-7H2,1H3,(H2,18,22)(H,20,24)(H,25,26)(H,19,21,23). The average Bonchev–Trinajstić information content (AvgIpc) is 2.60. The molecule has 0 aliphatic carbocycles. The van der Waals surface area contributed by atoms with Crippen molar-refractivity contribution in [3.8, 4) is 5.75 Å². The van der Waals surface area contributed by atoms with Gasteiger partial charge in [-0.1, -0.05) is 12.1 Å². The number of rotatable bonds is 8. The maximum Gasteiger partial charge on any atom is 0.326 e. The summed E-state index contributed by atoms with van der Waals surface area (Å²) in [5.41, 5.74) is 4.95. The number of nitrogens with one attached hydrogen (secondary N) is 2. The molecule has 0 aliphatic heterocycles. The molecule has 1 heterocycles. The first-order valence-electron chi connectivity index (χ1n) is 7.83. The second kappa shape index (κ2) is 8.61. The molecule has 0 saturated heterocycles. The zero-order valence-corrected chi connectivity index (χ0v) is 14.4. The lowest BCUT2D eigenvalue weighted by Crippen LogP contribution is -2.43. The van der Waals surface area contributed by atoms with Crippen molar-refractivity contribution in [1.82, 2.24) is 15.3 Å². The number of aliphatic carboxylic acids is 1. The van der Waals surface area contributed by atoms with Crippen LogP contribution in [0.1, 0.15) is 28.3 Å². The summed E-state index contributed by atoms with van der Waals surface area (Å²) in [6.45, 7) is 0. The number of carboxylic acid groups (broad SMARTS) is 1. The summed E-state index contributed by atoms with van der Waals surface area (Å²) >= 11 is 0. The van der Waals surface area contributed by atoms with E-state index < -0.39 is 35.8 Å². The minimum Gasteiger partial charge on any atom is -0.497 e. The number of aromatic nitrogens is 2. The van der Waals surface area contributed by atoms with E-state index in [-0.39, 0.29) is 17.9 Å². The van der Waals surface area contributed by atoms with Gasteiger partial charge in [0.1, 0.15) is 23.3 Å². The number of primary amides is 1. The van der Waals surface area contributed by atoms with Crippen molar-refractivity contribution >= 4 is 17.8 Å². The van der Waals surface area contributed by atoms with Crippen molar-refractivity contribution in [1.29, 1.82) is 0 Å². The van der Waals surface area contributed by atoms with Gasteiger partial charge in [0, 0.05) is 12.5 Å². The Morgan fingerprint density at radius 2 is 1.96 bits per heavy atom. The fourth-order valence-electron chi connectivity index (χ4n) is 2.28. The van der Waals surface area contributed by atoms with Crippen LogP contribution in [0, 0.1) is 0 Å². The minimum absolute atomic E-state index is 0.222. The monoisotopic (exact) mass is 374 g/mol. The van der Waals surface area contributed by atoms with E-state index in [9.17, 15) is 19.2 Å². The van der Waals surface area contributed by atoms with Crippen molar-refractivity contribution in [2.75, 3.05) is 7.11 Å². The van der Waals surface area contributed by atoms with E-state index >= 15 is 0 Å². The van der Waals surface area contributed by atoms with Crippen LogP contribution in [0.3, 0.4) is 0 Å². The van der Waals surface area contributed by atoms with Crippen LogP contribution >= 0.6 is 0 Å². The summed E-state index contributed by atoms with van der Waals surface area (Å²) in [4.78, 5) is 52.6. The van der Waals surface area contributed by atoms with Gasteiger partial charge in [-0.3, -0.25) is 14.4 Å². The van der Waals surface area contributed by atoms with E-state index in [0.29, 0.717) is 5.75 Å². The first kappa shape index (κ1) is 19.6. The minimum atomic E-state index is -1.51. The Morgan fingerprint density at radius 1 is 1.30 bits per heavy atom. The molecule has 1 atom stereocenters. The van der Waals surface area contributed by atoms with Crippen LogP contribution in [0.5, 0.6) is 5.75 Å². The molecule has 0 radical (unpaired) electrons. The number of carbonyl (C=O) groups is 3. The molecule has 0 spiro atoms. The number of benzene rings is 1. The van der Waals surface area contributed by atoms with Crippen LogP contribution in [-0.2, 0) is 16.0 Å². The van der Waals surface area contributed by atoms with E-state index in [4.69, 9.17) is 15.6 Å². The maximum atomic E-state index is 12.2. The van der Waals surface area contributed by atoms with Crippen molar-refractivity contribution < 1.29 is 24.2 Å². The number of hydrogen-bond acceptors (Lipinski definition) is 6. The molecule has 2 amide bonds. The number of amides is 2. The normalized spacial score (nSPS) is 11.4. The van der Waals surface area contributed by atoms with Crippen LogP contribution < -0.4 is 21.3 Å². The van der Waals surface area contributed by atoms with Crippen molar-refractivity contribution in [2.45, 2.75) is 18.9 Å². The Morgan fingerprint density at radius 3 is 2.52 bits per heavy atom. The predicted octanol–water partition coefficient (Wildman–Crippen LogP) is -0.572. The van der Waals surface area contributed by atoms with E-state index in [1.54, 1.807) is 31.4 Å². The molecule has 5 N–H and O–H groups in total. The Labute approximate surface area is 153 Å². The Hall–Kier alpha value is -3.69. The zero-order chi connectivity index (χ0) is 20.0. The van der Waals surface area contributed by atoms with Gasteiger partial charge < -0.3 is 25.9 Å². The van der Waals surface area contributed by atoms with Crippen LogP contribution in [-0.4, -0.2) is 46.0 Å². The molecular formula is C17H18N4O6. The molecular weight excluding hydrogens is 356 g/mol. The van der Waals surface area contributed by atoms with Gasteiger partial charge in [-0.2, -0.15) is 0 Å². The number of aromatic amines is 1. The van der Waals surface area contributed by atoms with Crippen molar-refractivity contribution in [3.63, 3.8) is 0 Å². The second-order valence-electron chi connectivity index (χ2n) is 5.64. The Bertz CT molecular complexity index is 906. The number of nitrogens with two attached hydrogens (primary N) is 1. The summed E-state index contributed by atoms with van der Waals surface area (Å²) in [5.74, 6) is -2.32. The topological polar surface area (TPSA) is 164 Å². The molecule has 0 aliphatic rings. The third kappa shape index (κ3) is 5.66. The lowest BCUT2D eigenvalue weighted by molar-refractivity contribution is -0.140. The third-order valence-corrected chi connectivity index (χ3v) is 3.56. The summed E-state index contributed by atoms with van der Waals surface area (Å²) in [6.07, 6.45) is -0.340. The third-order valence-electron chi connectivity index (χ3n) is 3.56. The molecule has 2 rings (SSSR count). The van der Waals surface area contributed by atoms with E-state index in [1.165, 1.54) is 0 Å². The number of methoxy groups -OCH3 is 1. The quantitative estimate of drug-likeness (QED) is 0.480. The SMILES string of the molecule is COc1ccc(Cc2nc(C(=O)NC(CC(N)=O)C(=O)O)cc(=O)[nH]2)cc1. The molecule has 10 heteroatoms. The van der Waals surface area contributed by atoms with Gasteiger partial charge in [-0.05, 0) is 17.7 Å². The molecule has 0 fully saturated rings. The molecule has 2 aromatic rings. The highest BCUT2D eigenvalue weighted by Gasteiger charge is 2.23. The molecule has 1 aromatic heterocycles. The molecule has 0 saturated carbocycles. The smallest absolute Gasteiger partial charge is 0.326 e. The predicted molar refractivity (Wildman–Crippen MR) is 93.4 cm³/mol. The van der Waals surface area contributed by atoms with Crippen LogP contribution in [0.15, 0.2) is 35.1 Å². The van der Waals surface area contributed by atoms with Crippen LogP contribution in [0.25, 0.3) is 0 Å². The number of carbonyl (C=O) groups excluding carboxylic acids is 2. The second-order valence-corrected chi connectivity index (χ2v) is 5.64. The molecule has 27 heavy (non-hydrogen) atoms. The number of ether oxygens (including phenoxy) is 1. The van der Waals surface area contributed by atoms with Gasteiger partial charge in [0.05, 0.1) is 13.5 Å². The van der Waals surface area contributed by atoms with Crippen molar-refractivity contribution in [2.24, 2.45) is 5.73 Å². The molecule has 10 nitrogen and oxygen atoms in total. The molecule has 142 valence electrons. The average molecular weight is 374 g/mol. The van der Waals surface area contributed by atoms with Crippen LogP contribution in [0.4, 0.5) is 0 Å². The summed E-state index contributed by atoms with van der Waals surface area (Å²) < 4.78 is 5.07. The van der Waals surface area contributed by atoms with Gasteiger partial charge >= 0.3 is 5.97 Å². The van der Waals surface area contributed by atoms with Gasteiger partial charge in [0.25, 0.3) is 11.5 Å². The van der Waals surface area contributed by atoms with Crippen molar-refractivity contribution in [3.05, 3.63) is 57.8 Å². The number of hydrogen-bond donors (Lipinski definition) is 4. The van der Waals surface area contributed by atoms with E-state index in [0.717, 1.165) is 11.6 Å². The van der Waals surface area contributed by atoms with Gasteiger partial charge in [-0.15, -0.1) is 0 Å². The number of nitrogens with zero attached hydrogens (tertiary/aromatic N) is 1. The molecule has 1 aromatic carbocycles. The summed E-state index contributed by atoms with van der Waals surface area (Å²) in [7, 11) is 1.54. The largest absolute Gasteiger partial charge is 0.497 e. The van der Waals surface area contributed by atoms with Gasteiger partial charge in [-0.25, -0.2) is 9.78 Å². The highest BCUT2D eigenvalue weighted by molar-refractivity contribution is 5.96. The first-order valence-corrected chi connectivity index (χ1v) is 7.83. The molecule has 0 bridgehead atoms. The molecule has 1 unspecified atom stereocenters. The maximum absolute atomic E-state index is 12.2. The fourth-order valence-corrected chi connectivity index (χ4v) is 2.28. The summed E-state index contributed by atoms with van der Waals surface area (Å²) in [6, 6.07) is 6.46. The first-order chi connectivity index (χ1) is 12.8. The highest BCUT2D eigenvalue weighted by Crippen LogP contribution is 2.13. The Kier molecular flexibility index (Phi) is 6.26. The summed E-state index contributed by atoms with van der Waals surface area (Å²) in [5, 5.41) is 11.2.